The van der Waals surface area contributed by atoms with E-state index in [9.17, 15) is 27.6 Å². The van der Waals surface area contributed by atoms with Gasteiger partial charge in [0, 0.05) is 18.2 Å². The highest BCUT2D eigenvalue weighted by Crippen LogP contribution is 2.26. The monoisotopic (exact) mass is 375 g/mol. The Kier molecular flexibility index (Phi) is 6.23. The number of H-pyrrole nitrogens is 1. The van der Waals surface area contributed by atoms with Gasteiger partial charge >= 0.3 is 17.8 Å². The Hall–Kier alpha value is -2.58. The van der Waals surface area contributed by atoms with E-state index in [1.54, 1.807) is 5.32 Å². The van der Waals surface area contributed by atoms with Gasteiger partial charge in [0.2, 0.25) is 0 Å². The summed E-state index contributed by atoms with van der Waals surface area (Å²) in [5.41, 5.74) is -1.22. The fraction of sp³-hybridized carbons (Fsp3) is 0.533. The number of carbonyl (C=O) groups excluding carboxylic acids is 1. The van der Waals surface area contributed by atoms with Crippen LogP contribution >= 0.6 is 0 Å². The fourth-order valence-corrected chi connectivity index (χ4v) is 2.34. The first-order valence-corrected chi connectivity index (χ1v) is 7.63. The third-order valence-corrected chi connectivity index (χ3v) is 3.64. The molecule has 26 heavy (non-hydrogen) atoms. The van der Waals surface area contributed by atoms with Crippen molar-refractivity contribution < 1.29 is 27.8 Å². The predicted molar refractivity (Wildman–Crippen MR) is 82.1 cm³/mol. The van der Waals surface area contributed by atoms with Crippen LogP contribution in [0.1, 0.15) is 24.6 Å². The number of aromatic nitrogens is 2. The molecule has 0 unspecified atom stereocenters. The second-order valence-electron chi connectivity index (χ2n) is 5.50. The molecule has 0 radical (unpaired) electrons. The van der Waals surface area contributed by atoms with Gasteiger partial charge in [-0.25, -0.2) is 4.79 Å². The van der Waals surface area contributed by atoms with Gasteiger partial charge in [-0.05, 0) is 12.8 Å². The molecule has 0 spiro atoms. The minimum atomic E-state index is -4.98. The molecule has 8 nitrogen and oxygen atoms in total. The van der Waals surface area contributed by atoms with Crippen LogP contribution in [0.2, 0.25) is 0 Å². The Balaban J connectivity index is 2.03. The van der Waals surface area contributed by atoms with Crippen molar-refractivity contribution in [1.29, 1.82) is 0 Å². The summed E-state index contributed by atoms with van der Waals surface area (Å²) < 4.78 is 42.6. The summed E-state index contributed by atoms with van der Waals surface area (Å²) in [6.07, 6.45) is -3.83. The SMILES string of the molecule is O=C(NCC#CCc1cn([C@@H]2CC[C@H](CO)O2)c(=O)[nH]c1=O)C(F)(F)F. The van der Waals surface area contributed by atoms with Gasteiger partial charge in [-0.3, -0.25) is 19.1 Å². The van der Waals surface area contributed by atoms with Crippen molar-refractivity contribution in [2.75, 3.05) is 13.2 Å². The number of nitrogens with one attached hydrogen (secondary N) is 2. The summed E-state index contributed by atoms with van der Waals surface area (Å²) in [6, 6.07) is 0. The lowest BCUT2D eigenvalue weighted by molar-refractivity contribution is -0.173. The van der Waals surface area contributed by atoms with Crippen molar-refractivity contribution in [3.8, 4) is 11.8 Å². The molecular weight excluding hydrogens is 359 g/mol. The van der Waals surface area contributed by atoms with Crippen molar-refractivity contribution in [1.82, 2.24) is 14.9 Å². The molecule has 0 aromatic carbocycles. The number of amides is 1. The van der Waals surface area contributed by atoms with Crippen LogP contribution in [0, 0.1) is 11.8 Å². The highest BCUT2D eigenvalue weighted by Gasteiger charge is 2.38. The van der Waals surface area contributed by atoms with Crippen molar-refractivity contribution in [3.05, 3.63) is 32.6 Å². The molecule has 1 aromatic heterocycles. The van der Waals surface area contributed by atoms with E-state index < -0.39 is 36.1 Å². The van der Waals surface area contributed by atoms with Gasteiger partial charge in [0.1, 0.15) is 6.23 Å². The van der Waals surface area contributed by atoms with Crippen LogP contribution in [0.3, 0.4) is 0 Å². The van der Waals surface area contributed by atoms with Crippen LogP contribution in [0.25, 0.3) is 0 Å². The minimum Gasteiger partial charge on any atom is -0.394 e. The van der Waals surface area contributed by atoms with Gasteiger partial charge in [-0.1, -0.05) is 11.8 Å². The quantitative estimate of drug-likeness (QED) is 0.610. The molecule has 142 valence electrons. The molecule has 1 fully saturated rings. The molecule has 3 N–H and O–H groups in total. The maximum atomic E-state index is 12.0. The Bertz CT molecular complexity index is 834. The molecule has 2 heterocycles. The number of alkyl halides is 3. The average Bonchev–Trinajstić information content (AvgIpc) is 3.04. The van der Waals surface area contributed by atoms with Crippen LogP contribution in [0.5, 0.6) is 0 Å². The lowest BCUT2D eigenvalue weighted by atomic mass is 10.2. The van der Waals surface area contributed by atoms with Crippen molar-refractivity contribution >= 4 is 5.91 Å². The van der Waals surface area contributed by atoms with Crippen molar-refractivity contribution in [3.63, 3.8) is 0 Å². The predicted octanol–water partition coefficient (Wildman–Crippen LogP) is -0.569. The minimum absolute atomic E-state index is 0.121. The third kappa shape index (κ3) is 4.96. The van der Waals surface area contributed by atoms with Crippen LogP contribution in [0.15, 0.2) is 15.8 Å². The molecule has 0 saturated carbocycles. The van der Waals surface area contributed by atoms with E-state index in [1.807, 2.05) is 0 Å². The van der Waals surface area contributed by atoms with Crippen molar-refractivity contribution in [2.45, 2.75) is 37.8 Å². The molecule has 11 heteroatoms. The van der Waals surface area contributed by atoms with Gasteiger partial charge in [-0.15, -0.1) is 0 Å². The smallest absolute Gasteiger partial charge is 0.394 e. The molecule has 0 aliphatic carbocycles. The van der Waals surface area contributed by atoms with Gasteiger partial charge in [-0.2, -0.15) is 13.2 Å². The maximum Gasteiger partial charge on any atom is 0.471 e. The van der Waals surface area contributed by atoms with Crippen molar-refractivity contribution in [2.24, 2.45) is 0 Å². The van der Waals surface area contributed by atoms with Crippen LogP contribution in [-0.2, 0) is 16.0 Å². The van der Waals surface area contributed by atoms with E-state index in [0.29, 0.717) is 12.8 Å². The highest BCUT2D eigenvalue weighted by molar-refractivity contribution is 5.81. The molecule has 0 bridgehead atoms. The Morgan fingerprint density at radius 2 is 2.12 bits per heavy atom. The summed E-state index contributed by atoms with van der Waals surface area (Å²) in [4.78, 5) is 36.4. The zero-order chi connectivity index (χ0) is 19.3. The Morgan fingerprint density at radius 3 is 2.73 bits per heavy atom. The topological polar surface area (TPSA) is 113 Å². The van der Waals surface area contributed by atoms with E-state index in [1.165, 1.54) is 10.8 Å². The summed E-state index contributed by atoms with van der Waals surface area (Å²) in [7, 11) is 0. The number of aromatic amines is 1. The van der Waals surface area contributed by atoms with Crippen LogP contribution in [-0.4, -0.2) is 46.0 Å². The van der Waals surface area contributed by atoms with Gasteiger partial charge in [0.25, 0.3) is 5.56 Å². The van der Waals surface area contributed by atoms with E-state index >= 15 is 0 Å². The van der Waals surface area contributed by atoms with E-state index in [-0.39, 0.29) is 24.7 Å². The maximum absolute atomic E-state index is 12.0. The first-order valence-electron chi connectivity index (χ1n) is 7.63. The van der Waals surface area contributed by atoms with Crippen LogP contribution in [0.4, 0.5) is 13.2 Å². The lowest BCUT2D eigenvalue weighted by Gasteiger charge is -2.15. The molecule has 2 atom stereocenters. The Labute approximate surface area is 145 Å². The normalized spacial score (nSPS) is 19.7. The van der Waals surface area contributed by atoms with Gasteiger partial charge < -0.3 is 15.2 Å². The number of aliphatic hydroxyl groups excluding tert-OH is 1. The lowest BCUT2D eigenvalue weighted by Crippen LogP contribution is -2.36. The third-order valence-electron chi connectivity index (χ3n) is 3.64. The molecule has 1 aliphatic rings. The summed E-state index contributed by atoms with van der Waals surface area (Å²) in [5.74, 6) is 2.65. The molecule has 1 saturated heterocycles. The number of nitrogens with zero attached hydrogens (tertiary/aromatic N) is 1. The molecular formula is C15H16F3N3O5. The van der Waals surface area contributed by atoms with E-state index in [2.05, 4.69) is 16.8 Å². The van der Waals surface area contributed by atoms with Crippen LogP contribution < -0.4 is 16.6 Å². The number of rotatable bonds is 4. The Morgan fingerprint density at radius 1 is 1.38 bits per heavy atom. The first-order chi connectivity index (χ1) is 12.2. The number of halogens is 3. The molecule has 1 amide bonds. The first kappa shape index (κ1) is 19.7. The van der Waals surface area contributed by atoms with Gasteiger partial charge in [0.05, 0.1) is 19.3 Å². The average molecular weight is 375 g/mol. The largest absolute Gasteiger partial charge is 0.471 e. The standard InChI is InChI=1S/C15H16F3N3O5/c16-15(17,18)13(24)19-6-2-1-3-9-7-21(14(25)20-12(9)23)11-5-4-10(8-22)26-11/h7,10-11,22H,3-6,8H2,(H,19,24)(H,20,23,25)/t10-,11+/m1/s1. The summed E-state index contributed by atoms with van der Waals surface area (Å²) in [6.45, 7) is -0.712. The van der Waals surface area contributed by atoms with E-state index in [4.69, 9.17) is 9.84 Å². The summed E-state index contributed by atoms with van der Waals surface area (Å²) >= 11 is 0. The second-order valence-corrected chi connectivity index (χ2v) is 5.50. The number of hydrogen-bond donors (Lipinski definition) is 3. The highest BCUT2D eigenvalue weighted by atomic mass is 19.4. The molecule has 1 aliphatic heterocycles. The number of hydrogen-bond acceptors (Lipinski definition) is 5. The second kappa shape index (κ2) is 8.20. The fourth-order valence-electron chi connectivity index (χ4n) is 2.34. The van der Waals surface area contributed by atoms with E-state index in [0.717, 1.165) is 0 Å². The molecule has 2 rings (SSSR count). The number of ether oxygens (including phenoxy) is 1. The zero-order valence-electron chi connectivity index (χ0n) is 13.4. The zero-order valence-corrected chi connectivity index (χ0v) is 13.4. The number of carbonyl (C=O) groups is 1. The molecule has 1 aromatic rings. The number of aliphatic hydroxyl groups is 1. The van der Waals surface area contributed by atoms with Gasteiger partial charge in [0.15, 0.2) is 0 Å². The summed E-state index contributed by atoms with van der Waals surface area (Å²) in [5, 5.41) is 10.6.